The molecule has 0 bridgehead atoms. The molecule has 0 heterocycles. The lowest BCUT2D eigenvalue weighted by Crippen LogP contribution is -1.86. The highest BCUT2D eigenvalue weighted by atomic mass is 16.3. The predicted octanol–water partition coefficient (Wildman–Crippen LogP) is 3.94. The topological polar surface area (TPSA) is 80.9 Å². The van der Waals surface area contributed by atoms with Crippen molar-refractivity contribution < 1.29 is 20.4 Å². The van der Waals surface area contributed by atoms with Crippen LogP contribution in [0.5, 0.6) is 23.0 Å². The third-order valence-corrected chi connectivity index (χ3v) is 3.15. The van der Waals surface area contributed by atoms with Gasteiger partial charge in [0.2, 0.25) is 0 Å². The van der Waals surface area contributed by atoms with Crippen LogP contribution >= 0.6 is 0 Å². The van der Waals surface area contributed by atoms with Crippen LogP contribution in [0.25, 0.3) is 0 Å². The molecule has 0 radical (unpaired) electrons. The van der Waals surface area contributed by atoms with Crippen LogP contribution in [0.4, 0.5) is 0 Å². The molecule has 0 atom stereocenters. The number of benzene rings is 2. The Labute approximate surface area is 124 Å². The van der Waals surface area contributed by atoms with Gasteiger partial charge in [-0.05, 0) is 61.2 Å². The van der Waals surface area contributed by atoms with E-state index in [2.05, 4.69) is 0 Å². The lowest BCUT2D eigenvalue weighted by atomic mass is 10.0. The molecule has 0 saturated heterocycles. The van der Waals surface area contributed by atoms with Crippen molar-refractivity contribution in [1.29, 1.82) is 0 Å². The summed E-state index contributed by atoms with van der Waals surface area (Å²) in [5, 5.41) is 36.6. The zero-order valence-corrected chi connectivity index (χ0v) is 12.8. The van der Waals surface area contributed by atoms with Gasteiger partial charge in [-0.25, -0.2) is 0 Å². The molecule has 0 aromatic heterocycles. The van der Waals surface area contributed by atoms with Crippen LogP contribution in [0.2, 0.25) is 0 Å². The zero-order chi connectivity index (χ0) is 16.2. The van der Waals surface area contributed by atoms with Gasteiger partial charge in [0.25, 0.3) is 0 Å². The molecule has 0 aliphatic carbocycles. The molecule has 114 valence electrons. The minimum absolute atomic E-state index is 0.200. The fourth-order valence-electron chi connectivity index (χ4n) is 1.79. The van der Waals surface area contributed by atoms with Crippen LogP contribution in [0.15, 0.2) is 30.3 Å². The van der Waals surface area contributed by atoms with E-state index in [9.17, 15) is 5.11 Å². The second kappa shape index (κ2) is 6.88. The summed E-state index contributed by atoms with van der Waals surface area (Å²) in [5.41, 5.74) is 2.18. The molecule has 2 rings (SSSR count). The molecule has 4 N–H and O–H groups in total. The first kappa shape index (κ1) is 16.7. The Morgan fingerprint density at radius 3 is 1.57 bits per heavy atom. The van der Waals surface area contributed by atoms with Crippen molar-refractivity contribution in [3.63, 3.8) is 0 Å². The van der Waals surface area contributed by atoms with E-state index < -0.39 is 0 Å². The molecule has 0 amide bonds. The fourth-order valence-corrected chi connectivity index (χ4v) is 1.79. The van der Waals surface area contributed by atoms with Crippen molar-refractivity contribution in [2.45, 2.75) is 33.6 Å². The van der Waals surface area contributed by atoms with Gasteiger partial charge in [-0.3, -0.25) is 0 Å². The third-order valence-electron chi connectivity index (χ3n) is 3.15. The van der Waals surface area contributed by atoms with Crippen molar-refractivity contribution in [3.8, 4) is 23.0 Å². The average molecular weight is 290 g/mol. The van der Waals surface area contributed by atoms with Crippen LogP contribution in [0.1, 0.15) is 36.5 Å². The summed E-state index contributed by atoms with van der Waals surface area (Å²) < 4.78 is 0. The SMILES string of the molecule is CC(C)c1cc(O)ccc1O.Cc1cc(O)c(C)cc1O. The van der Waals surface area contributed by atoms with Crippen molar-refractivity contribution in [2.24, 2.45) is 0 Å². The van der Waals surface area contributed by atoms with E-state index >= 15 is 0 Å². The number of rotatable bonds is 1. The molecule has 0 fully saturated rings. The van der Waals surface area contributed by atoms with Gasteiger partial charge in [0.1, 0.15) is 23.0 Å². The average Bonchev–Trinajstić information content (AvgIpc) is 2.40. The molecule has 4 heteroatoms. The van der Waals surface area contributed by atoms with Gasteiger partial charge < -0.3 is 20.4 Å². The van der Waals surface area contributed by atoms with Crippen molar-refractivity contribution >= 4 is 0 Å². The minimum Gasteiger partial charge on any atom is -0.508 e. The first-order valence-electron chi connectivity index (χ1n) is 6.73. The molecule has 0 spiro atoms. The van der Waals surface area contributed by atoms with Crippen LogP contribution < -0.4 is 0 Å². The Morgan fingerprint density at radius 1 is 0.714 bits per heavy atom. The standard InChI is InChI=1S/C9H12O2.C8H10O2/c1-6(2)8-5-7(10)3-4-9(8)11;1-5-3-8(10)6(2)4-7(5)9/h3-6,10-11H,1-2H3;3-4,9-10H,1-2H3. The van der Waals surface area contributed by atoms with E-state index in [1.807, 2.05) is 13.8 Å². The van der Waals surface area contributed by atoms with Gasteiger partial charge >= 0.3 is 0 Å². The normalized spacial score (nSPS) is 10.1. The maximum atomic E-state index is 9.29. The van der Waals surface area contributed by atoms with E-state index in [4.69, 9.17) is 15.3 Å². The quantitative estimate of drug-likeness (QED) is 0.600. The van der Waals surface area contributed by atoms with E-state index in [0.29, 0.717) is 11.1 Å². The van der Waals surface area contributed by atoms with Crippen LogP contribution in [0.3, 0.4) is 0 Å². The number of aromatic hydroxyl groups is 4. The molecule has 0 saturated carbocycles. The lowest BCUT2D eigenvalue weighted by Gasteiger charge is -2.07. The second-order valence-corrected chi connectivity index (χ2v) is 5.32. The first-order valence-corrected chi connectivity index (χ1v) is 6.73. The summed E-state index contributed by atoms with van der Waals surface area (Å²) in [4.78, 5) is 0. The first-order chi connectivity index (χ1) is 9.72. The Morgan fingerprint density at radius 2 is 1.19 bits per heavy atom. The maximum absolute atomic E-state index is 9.29. The van der Waals surface area contributed by atoms with E-state index in [0.717, 1.165) is 5.56 Å². The molecular formula is C17H22O4. The number of phenols is 4. The Kier molecular flexibility index (Phi) is 5.47. The minimum atomic E-state index is 0.200. The highest BCUT2D eigenvalue weighted by Crippen LogP contribution is 2.28. The molecule has 0 aliphatic heterocycles. The number of aryl methyl sites for hydroxylation is 2. The summed E-state index contributed by atoms with van der Waals surface area (Å²) in [5.74, 6) is 1.15. The van der Waals surface area contributed by atoms with Crippen molar-refractivity contribution in [3.05, 3.63) is 47.0 Å². The predicted molar refractivity (Wildman–Crippen MR) is 83.1 cm³/mol. The van der Waals surface area contributed by atoms with Gasteiger partial charge in [0.15, 0.2) is 0 Å². The van der Waals surface area contributed by atoms with Crippen LogP contribution in [-0.2, 0) is 0 Å². The highest BCUT2D eigenvalue weighted by Gasteiger charge is 2.05. The number of hydrogen-bond donors (Lipinski definition) is 4. The fraction of sp³-hybridized carbons (Fsp3) is 0.294. The number of phenolic OH excluding ortho intramolecular Hbond substituents is 4. The molecule has 4 nitrogen and oxygen atoms in total. The van der Waals surface area contributed by atoms with Crippen LogP contribution in [-0.4, -0.2) is 20.4 Å². The second-order valence-electron chi connectivity index (χ2n) is 5.32. The summed E-state index contributed by atoms with van der Waals surface area (Å²) in [7, 11) is 0. The summed E-state index contributed by atoms with van der Waals surface area (Å²) in [6.07, 6.45) is 0. The maximum Gasteiger partial charge on any atom is 0.119 e. The van der Waals surface area contributed by atoms with Gasteiger partial charge in [0, 0.05) is 5.56 Å². The highest BCUT2D eigenvalue weighted by molar-refractivity contribution is 5.43. The van der Waals surface area contributed by atoms with Crippen molar-refractivity contribution in [2.75, 3.05) is 0 Å². The zero-order valence-electron chi connectivity index (χ0n) is 12.8. The van der Waals surface area contributed by atoms with E-state index in [-0.39, 0.29) is 28.9 Å². The van der Waals surface area contributed by atoms with E-state index in [1.54, 1.807) is 32.0 Å². The summed E-state index contributed by atoms with van der Waals surface area (Å²) >= 11 is 0. The van der Waals surface area contributed by atoms with E-state index in [1.165, 1.54) is 12.1 Å². The molecule has 0 aliphatic rings. The lowest BCUT2D eigenvalue weighted by molar-refractivity contribution is 0.451. The monoisotopic (exact) mass is 290 g/mol. The smallest absolute Gasteiger partial charge is 0.119 e. The largest absolute Gasteiger partial charge is 0.508 e. The third kappa shape index (κ3) is 4.60. The molecule has 0 unspecified atom stereocenters. The summed E-state index contributed by atoms with van der Waals surface area (Å²) in [6.45, 7) is 7.42. The van der Waals surface area contributed by atoms with Gasteiger partial charge in [0.05, 0.1) is 0 Å². The summed E-state index contributed by atoms with van der Waals surface area (Å²) in [6, 6.07) is 7.65. The van der Waals surface area contributed by atoms with Crippen molar-refractivity contribution in [1.82, 2.24) is 0 Å². The van der Waals surface area contributed by atoms with Gasteiger partial charge in [-0.15, -0.1) is 0 Å². The van der Waals surface area contributed by atoms with Gasteiger partial charge in [-0.2, -0.15) is 0 Å². The van der Waals surface area contributed by atoms with Gasteiger partial charge in [-0.1, -0.05) is 13.8 Å². The van der Waals surface area contributed by atoms with Crippen LogP contribution in [0, 0.1) is 13.8 Å². The molecule has 2 aromatic carbocycles. The Bertz CT molecular complexity index is 568. The Balaban J connectivity index is 0.000000211. The Hall–Kier alpha value is -2.36. The number of hydrogen-bond acceptors (Lipinski definition) is 4. The molecular weight excluding hydrogens is 268 g/mol. The molecule has 2 aromatic rings. The molecule has 21 heavy (non-hydrogen) atoms.